The van der Waals surface area contributed by atoms with Crippen LogP contribution < -0.4 is 15.4 Å². The third-order valence-electron chi connectivity index (χ3n) is 4.38. The van der Waals surface area contributed by atoms with Crippen molar-refractivity contribution in [3.63, 3.8) is 0 Å². The fourth-order valence-electron chi connectivity index (χ4n) is 2.97. The van der Waals surface area contributed by atoms with Gasteiger partial charge in [0.15, 0.2) is 0 Å². The van der Waals surface area contributed by atoms with Crippen molar-refractivity contribution in [1.29, 1.82) is 0 Å². The zero-order valence-corrected chi connectivity index (χ0v) is 16.0. The van der Waals surface area contributed by atoms with E-state index in [9.17, 15) is 13.2 Å². The Hall–Kier alpha value is -1.67. The second kappa shape index (κ2) is 9.32. The number of sulfonamides is 1. The zero-order valence-electron chi connectivity index (χ0n) is 14.4. The quantitative estimate of drug-likeness (QED) is 0.664. The molecule has 1 fully saturated rings. The Morgan fingerprint density at radius 3 is 2.65 bits per heavy atom. The van der Waals surface area contributed by atoms with Crippen LogP contribution in [-0.2, 0) is 14.8 Å². The van der Waals surface area contributed by atoms with E-state index >= 15 is 0 Å². The first kappa shape index (κ1) is 20.6. The molecule has 1 atom stereocenters. The average Bonchev–Trinajstić information content (AvgIpc) is 3.13. The molecule has 0 aromatic heterocycles. The summed E-state index contributed by atoms with van der Waals surface area (Å²) in [5.41, 5.74) is 0. The summed E-state index contributed by atoms with van der Waals surface area (Å²) in [6.07, 6.45) is 2.32. The molecule has 26 heavy (non-hydrogen) atoms. The summed E-state index contributed by atoms with van der Waals surface area (Å²) in [7, 11) is -3.62. The van der Waals surface area contributed by atoms with Gasteiger partial charge in [-0.25, -0.2) is 13.1 Å². The van der Waals surface area contributed by atoms with E-state index in [1.807, 2.05) is 24.3 Å². The lowest BCUT2D eigenvalue weighted by Gasteiger charge is -2.12. The molecule has 0 aliphatic carbocycles. The van der Waals surface area contributed by atoms with Gasteiger partial charge in [0.1, 0.15) is 0 Å². The van der Waals surface area contributed by atoms with Crippen molar-refractivity contribution >= 4 is 39.1 Å². The summed E-state index contributed by atoms with van der Waals surface area (Å²) >= 11 is 0. The van der Waals surface area contributed by atoms with Gasteiger partial charge in [-0.2, -0.15) is 0 Å². The van der Waals surface area contributed by atoms with E-state index in [-0.39, 0.29) is 36.2 Å². The first-order valence-corrected chi connectivity index (χ1v) is 10.0. The molecule has 1 aliphatic heterocycles. The minimum atomic E-state index is -3.62. The highest BCUT2D eigenvalue weighted by molar-refractivity contribution is 7.89. The van der Waals surface area contributed by atoms with Gasteiger partial charge in [0, 0.05) is 25.6 Å². The predicted octanol–water partition coefficient (Wildman–Crippen LogP) is 1.80. The summed E-state index contributed by atoms with van der Waals surface area (Å²) in [5.74, 6) is -0.144. The van der Waals surface area contributed by atoms with Crippen LogP contribution in [0.25, 0.3) is 10.8 Å². The molecule has 0 spiro atoms. The van der Waals surface area contributed by atoms with E-state index in [0.717, 1.165) is 30.2 Å². The van der Waals surface area contributed by atoms with E-state index in [2.05, 4.69) is 15.4 Å². The van der Waals surface area contributed by atoms with Gasteiger partial charge in [-0.1, -0.05) is 30.3 Å². The average molecular weight is 398 g/mol. The van der Waals surface area contributed by atoms with Crippen LogP contribution in [0.4, 0.5) is 0 Å². The molecule has 0 radical (unpaired) electrons. The highest BCUT2D eigenvalue weighted by Gasteiger charge is 2.16. The highest BCUT2D eigenvalue weighted by Crippen LogP contribution is 2.18. The number of hydrogen-bond donors (Lipinski definition) is 3. The van der Waals surface area contributed by atoms with Crippen molar-refractivity contribution in [2.75, 3.05) is 19.6 Å². The standard InChI is InChI=1S/C18H23N3O3S.ClH/c22-18(20-13-16-6-3-10-19-16)9-11-21-25(23,24)17-8-7-14-4-1-2-5-15(14)12-17;/h1-2,4-5,7-8,12,16,19,21H,3,6,9-11,13H2,(H,20,22);1H. The maximum atomic E-state index is 12.4. The van der Waals surface area contributed by atoms with E-state index in [1.54, 1.807) is 18.2 Å². The van der Waals surface area contributed by atoms with Gasteiger partial charge in [0.05, 0.1) is 4.90 Å². The van der Waals surface area contributed by atoms with E-state index < -0.39 is 10.0 Å². The molecule has 1 saturated heterocycles. The number of rotatable bonds is 7. The monoisotopic (exact) mass is 397 g/mol. The Balaban J connectivity index is 0.00000243. The molecule has 0 bridgehead atoms. The molecular formula is C18H24ClN3O3S. The summed E-state index contributed by atoms with van der Waals surface area (Å²) in [6, 6.07) is 12.9. The number of fused-ring (bicyclic) bond motifs is 1. The summed E-state index contributed by atoms with van der Waals surface area (Å²) in [5, 5.41) is 8.00. The second-order valence-corrected chi connectivity index (χ2v) is 8.02. The largest absolute Gasteiger partial charge is 0.354 e. The van der Waals surface area contributed by atoms with E-state index in [0.29, 0.717) is 12.6 Å². The molecule has 1 unspecified atom stereocenters. The third kappa shape index (κ3) is 5.41. The van der Waals surface area contributed by atoms with Gasteiger partial charge in [0.2, 0.25) is 15.9 Å². The Labute approximate surface area is 160 Å². The van der Waals surface area contributed by atoms with Crippen LogP contribution in [0.15, 0.2) is 47.4 Å². The molecule has 8 heteroatoms. The molecule has 2 aromatic rings. The van der Waals surface area contributed by atoms with Gasteiger partial charge in [-0.05, 0) is 42.3 Å². The minimum absolute atomic E-state index is 0. The molecule has 1 amide bonds. The van der Waals surface area contributed by atoms with Crippen molar-refractivity contribution in [1.82, 2.24) is 15.4 Å². The van der Waals surface area contributed by atoms with Gasteiger partial charge in [-0.3, -0.25) is 4.79 Å². The maximum Gasteiger partial charge on any atom is 0.240 e. The van der Waals surface area contributed by atoms with Gasteiger partial charge >= 0.3 is 0 Å². The van der Waals surface area contributed by atoms with Crippen LogP contribution >= 0.6 is 12.4 Å². The SMILES string of the molecule is Cl.O=C(CCNS(=O)(=O)c1ccc2ccccc2c1)NCC1CCCN1. The fourth-order valence-corrected chi connectivity index (χ4v) is 4.04. The normalized spacial score (nSPS) is 17.0. The van der Waals surface area contributed by atoms with Crippen LogP contribution in [-0.4, -0.2) is 40.0 Å². The first-order valence-electron chi connectivity index (χ1n) is 8.53. The van der Waals surface area contributed by atoms with Crippen molar-refractivity contribution in [2.24, 2.45) is 0 Å². The Kier molecular flexibility index (Phi) is 7.40. The number of halogens is 1. The maximum absolute atomic E-state index is 12.4. The Bertz CT molecular complexity index is 852. The van der Waals surface area contributed by atoms with Crippen LogP contribution in [0.3, 0.4) is 0 Å². The Morgan fingerprint density at radius 2 is 1.92 bits per heavy atom. The molecule has 0 saturated carbocycles. The lowest BCUT2D eigenvalue weighted by atomic mass is 10.1. The number of carbonyl (C=O) groups excluding carboxylic acids is 1. The first-order chi connectivity index (χ1) is 12.0. The minimum Gasteiger partial charge on any atom is -0.354 e. The second-order valence-electron chi connectivity index (χ2n) is 6.25. The van der Waals surface area contributed by atoms with Crippen LogP contribution in [0, 0.1) is 0 Å². The molecule has 1 heterocycles. The van der Waals surface area contributed by atoms with Crippen molar-refractivity contribution in [3.8, 4) is 0 Å². The van der Waals surface area contributed by atoms with Gasteiger partial charge in [0.25, 0.3) is 0 Å². The molecular weight excluding hydrogens is 374 g/mol. The van der Waals surface area contributed by atoms with Crippen LogP contribution in [0.1, 0.15) is 19.3 Å². The topological polar surface area (TPSA) is 87.3 Å². The zero-order chi connectivity index (χ0) is 17.7. The number of hydrogen-bond acceptors (Lipinski definition) is 4. The smallest absolute Gasteiger partial charge is 0.240 e. The lowest BCUT2D eigenvalue weighted by Crippen LogP contribution is -2.38. The molecule has 3 N–H and O–H groups in total. The van der Waals surface area contributed by atoms with Gasteiger partial charge in [-0.15, -0.1) is 12.4 Å². The number of carbonyl (C=O) groups is 1. The Morgan fingerprint density at radius 1 is 1.15 bits per heavy atom. The van der Waals surface area contributed by atoms with Crippen molar-refractivity contribution in [3.05, 3.63) is 42.5 Å². The number of nitrogens with one attached hydrogen (secondary N) is 3. The van der Waals surface area contributed by atoms with Gasteiger partial charge < -0.3 is 10.6 Å². The summed E-state index contributed by atoms with van der Waals surface area (Å²) in [4.78, 5) is 12.0. The van der Waals surface area contributed by atoms with E-state index in [1.165, 1.54) is 0 Å². The molecule has 1 aliphatic rings. The summed E-state index contributed by atoms with van der Waals surface area (Å²) < 4.78 is 27.2. The van der Waals surface area contributed by atoms with Crippen molar-refractivity contribution in [2.45, 2.75) is 30.2 Å². The third-order valence-corrected chi connectivity index (χ3v) is 5.84. The number of benzene rings is 2. The number of amides is 1. The fraction of sp³-hybridized carbons (Fsp3) is 0.389. The molecule has 2 aromatic carbocycles. The summed E-state index contributed by atoms with van der Waals surface area (Å²) in [6.45, 7) is 1.67. The van der Waals surface area contributed by atoms with Crippen molar-refractivity contribution < 1.29 is 13.2 Å². The molecule has 142 valence electrons. The lowest BCUT2D eigenvalue weighted by molar-refractivity contribution is -0.121. The van der Waals surface area contributed by atoms with Crippen LogP contribution in [0.2, 0.25) is 0 Å². The molecule has 6 nitrogen and oxygen atoms in total. The highest BCUT2D eigenvalue weighted by atomic mass is 35.5. The van der Waals surface area contributed by atoms with Crippen LogP contribution in [0.5, 0.6) is 0 Å². The van der Waals surface area contributed by atoms with E-state index in [4.69, 9.17) is 0 Å². The predicted molar refractivity (Wildman–Crippen MR) is 105 cm³/mol. The molecule has 3 rings (SSSR count).